The standard InChI is InChI=1S/C9H19N5O2.BrH/c1-4-15-5-6-16-14-8(11)12-7(10)13-9(14,2)3;/h4-6H2,1-3H3,(H4,10,11,12,13);1H. The van der Waals surface area contributed by atoms with Gasteiger partial charge in [-0.15, -0.1) is 17.0 Å². The van der Waals surface area contributed by atoms with Gasteiger partial charge in [0.05, 0.1) is 13.2 Å². The van der Waals surface area contributed by atoms with Gasteiger partial charge in [0.2, 0.25) is 11.9 Å². The average Bonchev–Trinajstić information content (AvgIpc) is 2.14. The fourth-order valence-electron chi connectivity index (χ4n) is 1.35. The SMILES string of the molecule is Br.CCOCCON1C(N)=NC(N)=NC1(C)C. The van der Waals surface area contributed by atoms with E-state index in [9.17, 15) is 0 Å². The molecule has 1 heterocycles. The monoisotopic (exact) mass is 309 g/mol. The Morgan fingerprint density at radius 3 is 2.47 bits per heavy atom. The molecule has 1 rings (SSSR count). The fourth-order valence-corrected chi connectivity index (χ4v) is 1.35. The van der Waals surface area contributed by atoms with Gasteiger partial charge < -0.3 is 16.2 Å². The molecule has 0 saturated heterocycles. The molecule has 0 aromatic rings. The van der Waals surface area contributed by atoms with Crippen LogP contribution >= 0.6 is 17.0 Å². The van der Waals surface area contributed by atoms with E-state index in [1.165, 1.54) is 5.06 Å². The van der Waals surface area contributed by atoms with Crippen LogP contribution in [0.4, 0.5) is 0 Å². The molecule has 0 fully saturated rings. The first kappa shape index (κ1) is 16.1. The highest BCUT2D eigenvalue weighted by Crippen LogP contribution is 2.19. The van der Waals surface area contributed by atoms with Crippen LogP contribution in [0, 0.1) is 0 Å². The number of aliphatic imine (C=N–C) groups is 2. The van der Waals surface area contributed by atoms with Crippen LogP contribution in [0.25, 0.3) is 0 Å². The highest BCUT2D eigenvalue weighted by atomic mass is 79.9. The molecule has 0 unspecified atom stereocenters. The lowest BCUT2D eigenvalue weighted by Crippen LogP contribution is -2.54. The predicted octanol–water partition coefficient (Wildman–Crippen LogP) is 0.214. The summed E-state index contributed by atoms with van der Waals surface area (Å²) >= 11 is 0. The lowest BCUT2D eigenvalue weighted by molar-refractivity contribution is -0.166. The third-order valence-electron chi connectivity index (χ3n) is 1.97. The van der Waals surface area contributed by atoms with Crippen LogP contribution < -0.4 is 11.5 Å². The number of hydrogen-bond acceptors (Lipinski definition) is 7. The molecule has 0 atom stereocenters. The maximum atomic E-state index is 5.71. The number of nitrogens with two attached hydrogens (primary N) is 2. The van der Waals surface area contributed by atoms with E-state index < -0.39 is 5.66 Å². The summed E-state index contributed by atoms with van der Waals surface area (Å²) in [4.78, 5) is 13.4. The first-order valence-electron chi connectivity index (χ1n) is 5.17. The van der Waals surface area contributed by atoms with Crippen LogP contribution in [0.1, 0.15) is 20.8 Å². The number of ether oxygens (including phenoxy) is 1. The van der Waals surface area contributed by atoms with E-state index in [-0.39, 0.29) is 28.9 Å². The van der Waals surface area contributed by atoms with Gasteiger partial charge in [-0.25, -0.2) is 4.99 Å². The molecule has 7 nitrogen and oxygen atoms in total. The van der Waals surface area contributed by atoms with Gasteiger partial charge in [0, 0.05) is 6.61 Å². The van der Waals surface area contributed by atoms with Gasteiger partial charge in [-0.2, -0.15) is 10.1 Å². The van der Waals surface area contributed by atoms with Crippen molar-refractivity contribution in [1.82, 2.24) is 5.06 Å². The summed E-state index contributed by atoms with van der Waals surface area (Å²) < 4.78 is 5.16. The molecule has 1 aliphatic heterocycles. The molecule has 0 aliphatic carbocycles. The van der Waals surface area contributed by atoms with Crippen molar-refractivity contribution in [2.45, 2.75) is 26.4 Å². The van der Waals surface area contributed by atoms with Gasteiger partial charge >= 0.3 is 0 Å². The van der Waals surface area contributed by atoms with E-state index >= 15 is 0 Å². The number of nitrogens with zero attached hydrogens (tertiary/aromatic N) is 3. The first-order chi connectivity index (χ1) is 7.47. The van der Waals surface area contributed by atoms with Crippen LogP contribution in [0.2, 0.25) is 0 Å². The second-order valence-corrected chi connectivity index (χ2v) is 3.76. The topological polar surface area (TPSA) is 98.5 Å². The molecule has 1 aliphatic rings. The summed E-state index contributed by atoms with van der Waals surface area (Å²) in [6.45, 7) is 7.13. The van der Waals surface area contributed by atoms with Gasteiger partial charge in [0.15, 0.2) is 5.66 Å². The molecular formula is C9H20BrN5O2. The maximum absolute atomic E-state index is 5.71. The Balaban J connectivity index is 0.00000256. The minimum Gasteiger partial charge on any atom is -0.379 e. The molecule has 0 bridgehead atoms. The molecule has 17 heavy (non-hydrogen) atoms. The molecule has 0 amide bonds. The predicted molar refractivity (Wildman–Crippen MR) is 71.9 cm³/mol. The van der Waals surface area contributed by atoms with Gasteiger partial charge in [-0.05, 0) is 20.8 Å². The minimum absolute atomic E-state index is 0. The van der Waals surface area contributed by atoms with Crippen molar-refractivity contribution in [1.29, 1.82) is 0 Å². The Kier molecular flexibility index (Phi) is 6.43. The van der Waals surface area contributed by atoms with E-state index in [0.717, 1.165) is 0 Å². The van der Waals surface area contributed by atoms with E-state index in [1.54, 1.807) is 0 Å². The zero-order chi connectivity index (χ0) is 12.2. The zero-order valence-corrected chi connectivity index (χ0v) is 12.1. The quantitative estimate of drug-likeness (QED) is 0.708. The van der Waals surface area contributed by atoms with Gasteiger partial charge in [-0.3, -0.25) is 4.84 Å². The first-order valence-corrected chi connectivity index (χ1v) is 5.17. The molecule has 0 spiro atoms. The van der Waals surface area contributed by atoms with Crippen LogP contribution in [0.15, 0.2) is 9.98 Å². The Morgan fingerprint density at radius 2 is 1.94 bits per heavy atom. The number of halogens is 1. The summed E-state index contributed by atoms with van der Waals surface area (Å²) in [7, 11) is 0. The Labute approximate surface area is 112 Å². The maximum Gasteiger partial charge on any atom is 0.226 e. The molecule has 0 aromatic carbocycles. The largest absolute Gasteiger partial charge is 0.379 e. The van der Waals surface area contributed by atoms with E-state index in [2.05, 4.69) is 9.98 Å². The third kappa shape index (κ3) is 4.49. The lowest BCUT2D eigenvalue weighted by atomic mass is 10.2. The highest BCUT2D eigenvalue weighted by molar-refractivity contribution is 8.93. The van der Waals surface area contributed by atoms with Crippen LogP contribution in [0.5, 0.6) is 0 Å². The van der Waals surface area contributed by atoms with Crippen molar-refractivity contribution < 1.29 is 9.57 Å². The molecule has 100 valence electrons. The molecule has 8 heteroatoms. The molecule has 0 saturated carbocycles. The van der Waals surface area contributed by atoms with Gasteiger partial charge in [-0.1, -0.05) is 0 Å². The van der Waals surface area contributed by atoms with Crippen LogP contribution in [-0.4, -0.2) is 42.5 Å². The van der Waals surface area contributed by atoms with Crippen LogP contribution in [-0.2, 0) is 9.57 Å². The Morgan fingerprint density at radius 1 is 1.29 bits per heavy atom. The second-order valence-electron chi connectivity index (χ2n) is 3.76. The number of hydrogen-bond donors (Lipinski definition) is 2. The average molecular weight is 310 g/mol. The lowest BCUT2D eigenvalue weighted by Gasteiger charge is -2.36. The normalized spacial score (nSPS) is 18.2. The number of guanidine groups is 2. The van der Waals surface area contributed by atoms with Gasteiger partial charge in [0.25, 0.3) is 0 Å². The van der Waals surface area contributed by atoms with E-state index in [1.807, 2.05) is 20.8 Å². The van der Waals surface area contributed by atoms with Crippen molar-refractivity contribution in [3.8, 4) is 0 Å². The number of hydroxylamine groups is 2. The number of rotatable bonds is 5. The van der Waals surface area contributed by atoms with E-state index in [4.69, 9.17) is 21.0 Å². The van der Waals surface area contributed by atoms with Crippen molar-refractivity contribution in [3.05, 3.63) is 0 Å². The smallest absolute Gasteiger partial charge is 0.226 e. The van der Waals surface area contributed by atoms with E-state index in [0.29, 0.717) is 19.8 Å². The molecule has 0 radical (unpaired) electrons. The molecular weight excluding hydrogens is 290 g/mol. The zero-order valence-electron chi connectivity index (χ0n) is 10.3. The molecule has 0 aromatic heterocycles. The summed E-state index contributed by atoms with van der Waals surface area (Å²) in [5.41, 5.74) is 10.6. The fraction of sp³-hybridized carbons (Fsp3) is 0.778. The summed E-state index contributed by atoms with van der Waals surface area (Å²) in [5, 5.41) is 1.43. The van der Waals surface area contributed by atoms with Crippen LogP contribution in [0.3, 0.4) is 0 Å². The Hall–Kier alpha value is -0.860. The highest BCUT2D eigenvalue weighted by Gasteiger charge is 2.32. The summed E-state index contributed by atoms with van der Waals surface area (Å²) in [6.07, 6.45) is 0. The minimum atomic E-state index is -0.651. The van der Waals surface area contributed by atoms with Crippen molar-refractivity contribution in [3.63, 3.8) is 0 Å². The van der Waals surface area contributed by atoms with Crippen molar-refractivity contribution in [2.24, 2.45) is 21.5 Å². The molecule has 4 N–H and O–H groups in total. The Bertz CT molecular complexity index is 306. The van der Waals surface area contributed by atoms with Crippen molar-refractivity contribution in [2.75, 3.05) is 19.8 Å². The van der Waals surface area contributed by atoms with Gasteiger partial charge in [0.1, 0.15) is 0 Å². The third-order valence-corrected chi connectivity index (χ3v) is 1.97. The second kappa shape index (κ2) is 6.77. The summed E-state index contributed by atoms with van der Waals surface area (Å²) in [5.74, 6) is 0.362. The van der Waals surface area contributed by atoms with Crippen molar-refractivity contribution >= 4 is 28.9 Å². The summed E-state index contributed by atoms with van der Waals surface area (Å²) in [6, 6.07) is 0.